The number of halogens is 1. The van der Waals surface area contributed by atoms with E-state index >= 15 is 0 Å². The molecule has 0 bridgehead atoms. The van der Waals surface area contributed by atoms with Crippen LogP contribution in [-0.4, -0.2) is 22.8 Å². The molecule has 0 saturated heterocycles. The number of carbonyl (C=O) groups is 2. The molecule has 0 N–H and O–H groups in total. The zero-order chi connectivity index (χ0) is 24.9. The van der Waals surface area contributed by atoms with Crippen molar-refractivity contribution in [1.82, 2.24) is 0 Å². The maximum absolute atomic E-state index is 12.4. The Labute approximate surface area is 208 Å². The van der Waals surface area contributed by atoms with E-state index in [1.165, 1.54) is 30.4 Å². The Balaban J connectivity index is 1.57. The zero-order valence-electron chi connectivity index (χ0n) is 18.3. The molecule has 0 aromatic heterocycles. The van der Waals surface area contributed by atoms with Crippen LogP contribution in [0.5, 0.6) is 5.75 Å². The molecule has 1 aliphatic rings. The first-order chi connectivity index (χ1) is 16.8. The summed E-state index contributed by atoms with van der Waals surface area (Å²) in [6, 6.07) is 18.2. The smallest absolute Gasteiger partial charge is 0.363 e. The summed E-state index contributed by atoms with van der Waals surface area (Å²) in [7, 11) is 0. The highest BCUT2D eigenvalue weighted by molar-refractivity contribution is 9.10. The van der Waals surface area contributed by atoms with Crippen LogP contribution in [0.3, 0.4) is 0 Å². The molecule has 0 aliphatic carbocycles. The molecule has 8 nitrogen and oxygen atoms in total. The van der Waals surface area contributed by atoms with Gasteiger partial charge in [0.1, 0.15) is 5.75 Å². The van der Waals surface area contributed by atoms with E-state index in [0.29, 0.717) is 21.2 Å². The maximum atomic E-state index is 12.4. The van der Waals surface area contributed by atoms with Crippen molar-refractivity contribution in [2.45, 2.75) is 6.92 Å². The number of aryl methyl sites for hydroxylation is 1. The van der Waals surface area contributed by atoms with Crippen molar-refractivity contribution in [1.29, 1.82) is 0 Å². The van der Waals surface area contributed by atoms with E-state index in [-0.39, 0.29) is 23.0 Å². The Morgan fingerprint density at radius 3 is 2.69 bits per heavy atom. The number of cyclic esters (lactones) is 1. The number of hydrogen-bond donors (Lipinski definition) is 0. The summed E-state index contributed by atoms with van der Waals surface area (Å²) in [6.07, 6.45) is 4.05. The third-order valence-corrected chi connectivity index (χ3v) is 5.35. The standard InChI is InChI=1S/C26H17BrN2O6/c1-16-4-2-6-18(12-16)25-28-22(26(31)35-25)15-19-14-20(27)9-10-23(19)34-24(30)11-8-17-5-3-7-21(13-17)29(32)33/h2-15H,1H3/b11-8+,22-15-. The molecular weight excluding hydrogens is 516 g/mol. The van der Waals surface area contributed by atoms with Crippen LogP contribution in [0.4, 0.5) is 5.69 Å². The van der Waals surface area contributed by atoms with Crippen molar-refractivity contribution in [3.05, 3.63) is 115 Å². The van der Waals surface area contributed by atoms with Crippen LogP contribution in [0, 0.1) is 17.0 Å². The number of aliphatic imine (C=N–C) groups is 1. The lowest BCUT2D eigenvalue weighted by atomic mass is 10.1. The highest BCUT2D eigenvalue weighted by Crippen LogP contribution is 2.28. The van der Waals surface area contributed by atoms with Crippen molar-refractivity contribution in [3.8, 4) is 5.75 Å². The molecule has 9 heteroatoms. The van der Waals surface area contributed by atoms with E-state index in [0.717, 1.165) is 11.6 Å². The van der Waals surface area contributed by atoms with Gasteiger partial charge in [-0.1, -0.05) is 45.8 Å². The van der Waals surface area contributed by atoms with Crippen molar-refractivity contribution in [2.24, 2.45) is 4.99 Å². The Kier molecular flexibility index (Phi) is 6.98. The summed E-state index contributed by atoms with van der Waals surface area (Å²) in [6.45, 7) is 1.92. The second-order valence-electron chi connectivity index (χ2n) is 7.49. The van der Waals surface area contributed by atoms with E-state index in [1.54, 1.807) is 30.3 Å². The van der Waals surface area contributed by atoms with Crippen LogP contribution in [0.25, 0.3) is 12.2 Å². The van der Waals surface area contributed by atoms with Crippen molar-refractivity contribution in [3.63, 3.8) is 0 Å². The second kappa shape index (κ2) is 10.3. The van der Waals surface area contributed by atoms with Crippen molar-refractivity contribution in [2.75, 3.05) is 0 Å². The molecule has 0 atom stereocenters. The number of non-ortho nitro benzene ring substituents is 1. The van der Waals surface area contributed by atoms with Gasteiger partial charge in [0, 0.05) is 33.8 Å². The minimum Gasteiger partial charge on any atom is -0.423 e. The summed E-state index contributed by atoms with van der Waals surface area (Å²) in [5.74, 6) is -0.930. The van der Waals surface area contributed by atoms with Crippen LogP contribution >= 0.6 is 15.9 Å². The van der Waals surface area contributed by atoms with Crippen molar-refractivity contribution < 1.29 is 24.0 Å². The number of carbonyl (C=O) groups excluding carboxylic acids is 2. The fraction of sp³-hybridized carbons (Fsp3) is 0.0385. The van der Waals surface area contributed by atoms with E-state index in [9.17, 15) is 19.7 Å². The van der Waals surface area contributed by atoms with Gasteiger partial charge in [-0.15, -0.1) is 0 Å². The lowest BCUT2D eigenvalue weighted by Gasteiger charge is -2.06. The number of hydrogen-bond acceptors (Lipinski definition) is 7. The average molecular weight is 533 g/mol. The van der Waals surface area contributed by atoms with Crippen LogP contribution in [0.1, 0.15) is 22.3 Å². The summed E-state index contributed by atoms with van der Waals surface area (Å²) < 4.78 is 11.5. The Morgan fingerprint density at radius 2 is 1.91 bits per heavy atom. The number of benzene rings is 3. The predicted octanol–water partition coefficient (Wildman–Crippen LogP) is 5.63. The highest BCUT2D eigenvalue weighted by atomic mass is 79.9. The first kappa shape index (κ1) is 23.8. The summed E-state index contributed by atoms with van der Waals surface area (Å²) in [5.41, 5.74) is 2.55. The summed E-state index contributed by atoms with van der Waals surface area (Å²) >= 11 is 3.37. The van der Waals surface area contributed by atoms with Crippen LogP contribution in [-0.2, 0) is 14.3 Å². The molecule has 3 aromatic rings. The molecule has 3 aromatic carbocycles. The highest BCUT2D eigenvalue weighted by Gasteiger charge is 2.25. The van der Waals surface area contributed by atoms with Gasteiger partial charge >= 0.3 is 11.9 Å². The third kappa shape index (κ3) is 5.96. The molecule has 4 rings (SSSR count). The average Bonchev–Trinajstić information content (AvgIpc) is 3.20. The molecule has 35 heavy (non-hydrogen) atoms. The quantitative estimate of drug-likeness (QED) is 0.134. The van der Waals surface area contributed by atoms with E-state index < -0.39 is 16.9 Å². The van der Waals surface area contributed by atoms with E-state index in [2.05, 4.69) is 20.9 Å². The molecule has 0 spiro atoms. The van der Waals surface area contributed by atoms with Crippen LogP contribution in [0.15, 0.2) is 88.0 Å². The molecule has 1 aliphatic heterocycles. The Morgan fingerprint density at radius 1 is 1.11 bits per heavy atom. The molecule has 0 fully saturated rings. The minimum absolute atomic E-state index is 0.0593. The van der Waals surface area contributed by atoms with Crippen molar-refractivity contribution >= 4 is 51.6 Å². The molecule has 0 amide bonds. The first-order valence-electron chi connectivity index (χ1n) is 10.3. The number of nitro benzene ring substituents is 1. The number of rotatable bonds is 6. The van der Waals surface area contributed by atoms with Crippen LogP contribution in [0.2, 0.25) is 0 Å². The lowest BCUT2D eigenvalue weighted by molar-refractivity contribution is -0.384. The SMILES string of the molecule is Cc1cccc(C2=N/C(=C\c3cc(Br)ccc3OC(=O)/C=C/c3cccc([N+](=O)[O-])c3)C(=O)O2)c1. The van der Waals surface area contributed by atoms with Gasteiger partial charge < -0.3 is 9.47 Å². The third-order valence-electron chi connectivity index (χ3n) is 4.85. The molecule has 0 unspecified atom stereocenters. The van der Waals surface area contributed by atoms with Crippen LogP contribution < -0.4 is 4.74 Å². The lowest BCUT2D eigenvalue weighted by Crippen LogP contribution is -2.06. The fourth-order valence-electron chi connectivity index (χ4n) is 3.23. The second-order valence-corrected chi connectivity index (χ2v) is 8.41. The van der Waals surface area contributed by atoms with E-state index in [4.69, 9.17) is 9.47 Å². The number of nitrogens with zero attached hydrogens (tertiary/aromatic N) is 2. The number of esters is 2. The molecule has 0 saturated carbocycles. The molecular formula is C26H17BrN2O6. The van der Waals surface area contributed by atoms with Gasteiger partial charge in [0.2, 0.25) is 5.90 Å². The first-order valence-corrected chi connectivity index (χ1v) is 11.1. The van der Waals surface area contributed by atoms with Gasteiger partial charge in [0.15, 0.2) is 5.70 Å². The maximum Gasteiger partial charge on any atom is 0.363 e. The largest absolute Gasteiger partial charge is 0.423 e. The normalized spacial score (nSPS) is 14.2. The van der Waals surface area contributed by atoms with E-state index in [1.807, 2.05) is 25.1 Å². The zero-order valence-corrected chi connectivity index (χ0v) is 19.9. The van der Waals surface area contributed by atoms with Gasteiger partial charge in [-0.3, -0.25) is 10.1 Å². The Bertz CT molecular complexity index is 1440. The molecule has 0 radical (unpaired) electrons. The fourth-order valence-corrected chi connectivity index (χ4v) is 3.61. The van der Waals surface area contributed by atoms with Gasteiger partial charge in [0.05, 0.1) is 4.92 Å². The van der Waals surface area contributed by atoms with Gasteiger partial charge in [-0.25, -0.2) is 14.6 Å². The molecule has 174 valence electrons. The topological polar surface area (TPSA) is 108 Å². The number of nitro groups is 1. The van der Waals surface area contributed by atoms with Gasteiger partial charge in [-0.2, -0.15) is 0 Å². The summed E-state index contributed by atoms with van der Waals surface area (Å²) in [5, 5.41) is 10.9. The van der Waals surface area contributed by atoms with Gasteiger partial charge in [-0.05, 0) is 55.0 Å². The Hall–Kier alpha value is -4.37. The minimum atomic E-state index is -0.698. The number of ether oxygens (including phenoxy) is 2. The van der Waals surface area contributed by atoms with Gasteiger partial charge in [0.25, 0.3) is 5.69 Å². The predicted molar refractivity (Wildman–Crippen MR) is 134 cm³/mol. The monoisotopic (exact) mass is 532 g/mol. The summed E-state index contributed by atoms with van der Waals surface area (Å²) in [4.78, 5) is 39.5. The molecule has 1 heterocycles.